The molecule has 1 atom stereocenters. The van der Waals surface area contributed by atoms with Gasteiger partial charge in [0.1, 0.15) is 5.82 Å². The zero-order valence-corrected chi connectivity index (χ0v) is 12.3. The molecule has 2 rings (SSSR count). The minimum atomic E-state index is -0.279. The summed E-state index contributed by atoms with van der Waals surface area (Å²) in [6, 6.07) is 5.15. The van der Waals surface area contributed by atoms with E-state index in [1.54, 1.807) is 6.07 Å². The molecule has 0 aromatic heterocycles. The van der Waals surface area contributed by atoms with Gasteiger partial charge in [0.05, 0.1) is 0 Å². The number of rotatable bonds is 4. The van der Waals surface area contributed by atoms with Crippen molar-refractivity contribution < 1.29 is 4.39 Å². The van der Waals surface area contributed by atoms with Crippen LogP contribution in [0.1, 0.15) is 5.56 Å². The zero-order chi connectivity index (χ0) is 13.8. The van der Waals surface area contributed by atoms with Crippen molar-refractivity contribution >= 4 is 11.6 Å². The summed E-state index contributed by atoms with van der Waals surface area (Å²) in [6.45, 7) is 4.81. The second kappa shape index (κ2) is 6.66. The Balaban J connectivity index is 1.82. The Labute approximate surface area is 119 Å². The van der Waals surface area contributed by atoms with Crippen LogP contribution in [0.25, 0.3) is 0 Å². The Hall–Kier alpha value is -0.680. The summed E-state index contributed by atoms with van der Waals surface area (Å²) in [7, 11) is 4.30. The molecule has 0 radical (unpaired) electrons. The van der Waals surface area contributed by atoms with Crippen molar-refractivity contribution in [1.82, 2.24) is 15.1 Å². The van der Waals surface area contributed by atoms with Crippen molar-refractivity contribution in [2.45, 2.75) is 12.6 Å². The molecule has 5 heteroatoms. The maximum atomic E-state index is 13.2. The van der Waals surface area contributed by atoms with Gasteiger partial charge in [0.15, 0.2) is 0 Å². The monoisotopic (exact) mass is 285 g/mol. The first-order chi connectivity index (χ1) is 9.04. The van der Waals surface area contributed by atoms with Gasteiger partial charge < -0.3 is 10.2 Å². The van der Waals surface area contributed by atoms with Gasteiger partial charge in [-0.05, 0) is 37.9 Å². The minimum Gasteiger partial charge on any atom is -0.311 e. The van der Waals surface area contributed by atoms with Crippen LogP contribution in [0.2, 0.25) is 5.02 Å². The lowest BCUT2D eigenvalue weighted by Crippen LogP contribution is -2.53. The lowest BCUT2D eigenvalue weighted by Gasteiger charge is -2.37. The van der Waals surface area contributed by atoms with Crippen molar-refractivity contribution in [1.29, 1.82) is 0 Å². The maximum absolute atomic E-state index is 13.2. The van der Waals surface area contributed by atoms with Gasteiger partial charge in [0.2, 0.25) is 0 Å². The molecule has 0 bridgehead atoms. The van der Waals surface area contributed by atoms with Crippen molar-refractivity contribution in [3.8, 4) is 0 Å². The average molecular weight is 286 g/mol. The predicted molar refractivity (Wildman–Crippen MR) is 77.0 cm³/mol. The first-order valence-electron chi connectivity index (χ1n) is 6.59. The summed E-state index contributed by atoms with van der Waals surface area (Å²) >= 11 is 5.84. The molecule has 3 nitrogen and oxygen atoms in total. The van der Waals surface area contributed by atoms with Gasteiger partial charge in [-0.15, -0.1) is 0 Å². The molecular weight excluding hydrogens is 265 g/mol. The SMILES string of the molecule is CN1CCN(C)C(CNCc2cc(F)cc(Cl)c2)C1. The molecule has 1 aliphatic rings. The van der Waals surface area contributed by atoms with E-state index in [1.807, 2.05) is 0 Å². The second-order valence-corrected chi connectivity index (χ2v) is 5.74. The molecule has 0 aliphatic carbocycles. The molecule has 0 amide bonds. The second-order valence-electron chi connectivity index (χ2n) is 5.31. The Kier molecular flexibility index (Phi) is 5.16. The third-order valence-electron chi connectivity index (χ3n) is 3.61. The lowest BCUT2D eigenvalue weighted by molar-refractivity contribution is 0.113. The topological polar surface area (TPSA) is 18.5 Å². The fourth-order valence-corrected chi connectivity index (χ4v) is 2.66. The van der Waals surface area contributed by atoms with Crippen molar-refractivity contribution in [2.75, 3.05) is 40.3 Å². The quantitative estimate of drug-likeness (QED) is 0.910. The highest BCUT2D eigenvalue weighted by atomic mass is 35.5. The Morgan fingerprint density at radius 1 is 1.32 bits per heavy atom. The zero-order valence-electron chi connectivity index (χ0n) is 11.5. The number of hydrogen-bond acceptors (Lipinski definition) is 3. The van der Waals surface area contributed by atoms with Gasteiger partial charge in [-0.25, -0.2) is 4.39 Å². The summed E-state index contributed by atoms with van der Waals surface area (Å²) < 4.78 is 13.2. The molecule has 1 aromatic rings. The van der Waals surface area contributed by atoms with E-state index in [1.165, 1.54) is 12.1 Å². The van der Waals surface area contributed by atoms with Crippen LogP contribution in [0.15, 0.2) is 18.2 Å². The highest BCUT2D eigenvalue weighted by Crippen LogP contribution is 2.14. The number of piperazine rings is 1. The molecule has 1 N–H and O–H groups in total. The van der Waals surface area contributed by atoms with Gasteiger partial charge in [-0.2, -0.15) is 0 Å². The van der Waals surface area contributed by atoms with Crippen LogP contribution in [0.3, 0.4) is 0 Å². The van der Waals surface area contributed by atoms with Crippen LogP contribution in [0.5, 0.6) is 0 Å². The number of nitrogens with one attached hydrogen (secondary N) is 1. The summed E-state index contributed by atoms with van der Waals surface area (Å²) in [4.78, 5) is 4.71. The number of benzene rings is 1. The van der Waals surface area contributed by atoms with Gasteiger partial charge in [0.25, 0.3) is 0 Å². The first kappa shape index (κ1) is 14.7. The van der Waals surface area contributed by atoms with E-state index in [2.05, 4.69) is 29.2 Å². The fraction of sp³-hybridized carbons (Fsp3) is 0.571. The normalized spacial score (nSPS) is 21.8. The standard InChI is InChI=1S/C14H21ClFN3/c1-18-3-4-19(2)14(10-18)9-17-8-11-5-12(15)7-13(16)6-11/h5-7,14,17H,3-4,8-10H2,1-2H3. The molecule has 1 unspecified atom stereocenters. The van der Waals surface area contributed by atoms with E-state index < -0.39 is 0 Å². The summed E-state index contributed by atoms with van der Waals surface area (Å²) in [6.07, 6.45) is 0. The summed E-state index contributed by atoms with van der Waals surface area (Å²) in [5.74, 6) is -0.279. The van der Waals surface area contributed by atoms with Crippen molar-refractivity contribution in [3.63, 3.8) is 0 Å². The van der Waals surface area contributed by atoms with E-state index >= 15 is 0 Å². The maximum Gasteiger partial charge on any atom is 0.125 e. The Morgan fingerprint density at radius 3 is 2.84 bits per heavy atom. The van der Waals surface area contributed by atoms with Gasteiger partial charge >= 0.3 is 0 Å². The molecule has 19 heavy (non-hydrogen) atoms. The molecule has 106 valence electrons. The van der Waals surface area contributed by atoms with E-state index in [-0.39, 0.29) is 5.82 Å². The van der Waals surface area contributed by atoms with E-state index in [4.69, 9.17) is 11.6 Å². The minimum absolute atomic E-state index is 0.279. The van der Waals surface area contributed by atoms with E-state index in [0.29, 0.717) is 17.6 Å². The number of halogens is 2. The number of likely N-dealkylation sites (N-methyl/N-ethyl adjacent to an activating group) is 2. The molecule has 1 aliphatic heterocycles. The highest BCUT2D eigenvalue weighted by Gasteiger charge is 2.21. The molecule has 1 aromatic carbocycles. The van der Waals surface area contributed by atoms with E-state index in [0.717, 1.165) is 31.7 Å². The summed E-state index contributed by atoms with van der Waals surface area (Å²) in [5.41, 5.74) is 0.886. The first-order valence-corrected chi connectivity index (χ1v) is 6.97. The van der Waals surface area contributed by atoms with E-state index in [9.17, 15) is 4.39 Å². The van der Waals surface area contributed by atoms with Gasteiger partial charge in [-0.3, -0.25) is 4.90 Å². The predicted octanol–water partition coefficient (Wildman–Crippen LogP) is 1.81. The molecule has 0 saturated carbocycles. The fourth-order valence-electron chi connectivity index (χ4n) is 2.42. The van der Waals surface area contributed by atoms with Crippen LogP contribution in [0.4, 0.5) is 4.39 Å². The Bertz CT molecular complexity index is 407. The van der Waals surface area contributed by atoms with Crippen LogP contribution < -0.4 is 5.32 Å². The van der Waals surface area contributed by atoms with Crippen LogP contribution in [-0.2, 0) is 6.54 Å². The van der Waals surface area contributed by atoms with Crippen LogP contribution in [-0.4, -0.2) is 56.1 Å². The molecule has 1 heterocycles. The van der Waals surface area contributed by atoms with Gasteiger partial charge in [0, 0.05) is 43.8 Å². The molecule has 1 fully saturated rings. The largest absolute Gasteiger partial charge is 0.311 e. The Morgan fingerprint density at radius 2 is 2.11 bits per heavy atom. The molecule has 1 saturated heterocycles. The number of nitrogens with zero attached hydrogens (tertiary/aromatic N) is 2. The third-order valence-corrected chi connectivity index (χ3v) is 3.83. The smallest absolute Gasteiger partial charge is 0.125 e. The number of hydrogen-bond donors (Lipinski definition) is 1. The lowest BCUT2D eigenvalue weighted by atomic mass is 10.1. The molecular formula is C14H21ClFN3. The van der Waals surface area contributed by atoms with Crippen LogP contribution >= 0.6 is 11.6 Å². The molecule has 0 spiro atoms. The highest BCUT2D eigenvalue weighted by molar-refractivity contribution is 6.30. The third kappa shape index (κ3) is 4.42. The van der Waals surface area contributed by atoms with Crippen molar-refractivity contribution in [2.24, 2.45) is 0 Å². The average Bonchev–Trinajstić information content (AvgIpc) is 2.32. The van der Waals surface area contributed by atoms with Gasteiger partial charge in [-0.1, -0.05) is 11.6 Å². The van der Waals surface area contributed by atoms with Crippen molar-refractivity contribution in [3.05, 3.63) is 34.6 Å². The van der Waals surface area contributed by atoms with Crippen LogP contribution in [0, 0.1) is 5.82 Å². The summed E-state index contributed by atoms with van der Waals surface area (Å²) in [5, 5.41) is 3.83.